The minimum absolute atomic E-state index is 0.348. The molecule has 1 unspecified atom stereocenters. The summed E-state index contributed by atoms with van der Waals surface area (Å²) >= 11 is 0. The summed E-state index contributed by atoms with van der Waals surface area (Å²) < 4.78 is 0. The van der Waals surface area contributed by atoms with Crippen molar-refractivity contribution in [3.05, 3.63) is 35.0 Å². The number of aromatic nitrogens is 1. The Morgan fingerprint density at radius 2 is 2.36 bits per heavy atom. The molecule has 0 bridgehead atoms. The van der Waals surface area contributed by atoms with Gasteiger partial charge in [0.15, 0.2) is 0 Å². The summed E-state index contributed by atoms with van der Waals surface area (Å²) in [5.74, 6) is 0. The van der Waals surface area contributed by atoms with Gasteiger partial charge in [0.1, 0.15) is 6.04 Å². The zero-order valence-electron chi connectivity index (χ0n) is 8.34. The molecule has 1 atom stereocenters. The van der Waals surface area contributed by atoms with Gasteiger partial charge in [0.25, 0.3) is 0 Å². The molecule has 0 amide bonds. The molecule has 1 rings (SSSR count). The molecule has 0 N–H and O–H groups in total. The molecule has 4 nitrogen and oxygen atoms in total. The summed E-state index contributed by atoms with van der Waals surface area (Å²) in [7, 11) is 0. The molecule has 0 fully saturated rings. The van der Waals surface area contributed by atoms with Crippen LogP contribution in [0.4, 0.5) is 0 Å². The van der Waals surface area contributed by atoms with E-state index in [1.54, 1.807) is 20.0 Å². The molecule has 0 spiro atoms. The predicted octanol–water partition coefficient (Wildman–Crippen LogP) is 2.20. The van der Waals surface area contributed by atoms with Gasteiger partial charge >= 0.3 is 0 Å². The van der Waals surface area contributed by atoms with Gasteiger partial charge in [-0.05, 0) is 26.0 Å². The summed E-state index contributed by atoms with van der Waals surface area (Å²) in [5, 5.41) is 2.90. The Kier molecular flexibility index (Phi) is 3.91. The summed E-state index contributed by atoms with van der Waals surface area (Å²) in [6, 6.07) is 5.32. The summed E-state index contributed by atoms with van der Waals surface area (Å²) in [6.07, 6.45) is 1.72. The first-order chi connectivity index (χ1) is 6.74. The van der Waals surface area contributed by atoms with E-state index in [1.807, 2.05) is 18.2 Å². The molecule has 0 aliphatic rings. The van der Waals surface area contributed by atoms with Crippen LogP contribution in [0.2, 0.25) is 0 Å². The molecule has 1 aromatic rings. The second-order valence-corrected chi connectivity index (χ2v) is 3.06. The first-order valence-corrected chi connectivity index (χ1v) is 4.47. The van der Waals surface area contributed by atoms with Crippen molar-refractivity contribution < 1.29 is 0 Å². The zero-order valence-corrected chi connectivity index (χ0v) is 8.34. The molecular weight excluding hydrogens is 178 g/mol. The second-order valence-electron chi connectivity index (χ2n) is 3.06. The lowest BCUT2D eigenvalue weighted by molar-refractivity contribution is 0.914. The highest BCUT2D eigenvalue weighted by Gasteiger charge is 2.03. The highest BCUT2D eigenvalue weighted by molar-refractivity contribution is 5.86. The summed E-state index contributed by atoms with van der Waals surface area (Å²) in [5.41, 5.74) is 1.63. The number of pyridine rings is 1. The average molecular weight is 191 g/mol. The first-order valence-electron chi connectivity index (χ1n) is 4.47. The van der Waals surface area contributed by atoms with E-state index in [-0.39, 0.29) is 6.04 Å². The third kappa shape index (κ3) is 3.05. The number of hydrogen-bond acceptors (Lipinski definition) is 4. The molecule has 0 saturated heterocycles. The van der Waals surface area contributed by atoms with Crippen LogP contribution in [-0.4, -0.2) is 16.7 Å². The van der Waals surface area contributed by atoms with Crippen molar-refractivity contribution in [1.82, 2.24) is 4.98 Å². The van der Waals surface area contributed by atoms with Gasteiger partial charge in [0, 0.05) is 11.9 Å². The largest absolute Gasteiger partial charge is 0.286 e. The maximum absolute atomic E-state index is 10.2. The van der Waals surface area contributed by atoms with Crippen LogP contribution >= 0.6 is 0 Å². The van der Waals surface area contributed by atoms with Gasteiger partial charge in [0.05, 0.1) is 12.2 Å². The fraction of sp³-hybridized carbons (Fsp3) is 0.400. The van der Waals surface area contributed by atoms with Crippen molar-refractivity contribution in [3.63, 3.8) is 0 Å². The van der Waals surface area contributed by atoms with Crippen LogP contribution in [0.5, 0.6) is 0 Å². The normalized spacial score (nSPS) is 13.7. The Labute approximate surface area is 83.1 Å². The van der Waals surface area contributed by atoms with E-state index in [9.17, 15) is 4.91 Å². The molecule has 74 valence electrons. The Morgan fingerprint density at radius 1 is 1.57 bits per heavy atom. The number of hydrogen-bond donors (Lipinski definition) is 0. The van der Waals surface area contributed by atoms with E-state index in [2.05, 4.69) is 15.2 Å². The molecule has 0 saturated carbocycles. The fourth-order valence-corrected chi connectivity index (χ4v) is 0.906. The van der Waals surface area contributed by atoms with Crippen LogP contribution in [0.15, 0.2) is 34.6 Å². The monoisotopic (exact) mass is 191 g/mol. The van der Waals surface area contributed by atoms with Crippen molar-refractivity contribution in [3.8, 4) is 0 Å². The summed E-state index contributed by atoms with van der Waals surface area (Å²) in [4.78, 5) is 18.6. The van der Waals surface area contributed by atoms with E-state index in [0.29, 0.717) is 6.54 Å². The van der Waals surface area contributed by atoms with E-state index < -0.39 is 0 Å². The standard InChI is InChI=1S/C10H13N3O/c1-8(9(2)13-14)12-7-10-5-3-4-6-11-10/h3-6,9H,7H2,1-2H3. The van der Waals surface area contributed by atoms with Gasteiger partial charge in [-0.25, -0.2) is 0 Å². The van der Waals surface area contributed by atoms with Gasteiger partial charge in [-0.2, -0.15) is 4.91 Å². The van der Waals surface area contributed by atoms with E-state index >= 15 is 0 Å². The Balaban J connectivity index is 2.59. The van der Waals surface area contributed by atoms with Crippen molar-refractivity contribution >= 4 is 5.71 Å². The van der Waals surface area contributed by atoms with Crippen molar-refractivity contribution in [2.45, 2.75) is 26.4 Å². The smallest absolute Gasteiger partial charge is 0.126 e. The molecular formula is C10H13N3O. The highest BCUT2D eigenvalue weighted by Crippen LogP contribution is 1.99. The van der Waals surface area contributed by atoms with Gasteiger partial charge in [-0.15, -0.1) is 0 Å². The van der Waals surface area contributed by atoms with Crippen molar-refractivity contribution in [1.29, 1.82) is 0 Å². The van der Waals surface area contributed by atoms with Crippen LogP contribution in [-0.2, 0) is 6.54 Å². The van der Waals surface area contributed by atoms with E-state index in [0.717, 1.165) is 11.4 Å². The van der Waals surface area contributed by atoms with Crippen LogP contribution in [0.1, 0.15) is 19.5 Å². The van der Waals surface area contributed by atoms with E-state index in [1.165, 1.54) is 0 Å². The van der Waals surface area contributed by atoms with Crippen LogP contribution < -0.4 is 0 Å². The summed E-state index contributed by atoms with van der Waals surface area (Å²) in [6.45, 7) is 4.03. The molecule has 1 aromatic heterocycles. The third-order valence-corrected chi connectivity index (χ3v) is 1.98. The molecule has 4 heteroatoms. The number of nitroso groups, excluding NO2 is 1. The molecule has 0 aliphatic carbocycles. The van der Waals surface area contributed by atoms with Crippen LogP contribution in [0, 0.1) is 4.91 Å². The second kappa shape index (κ2) is 5.21. The SMILES string of the molecule is CC(=NCc1ccccn1)C(C)N=O. The van der Waals surface area contributed by atoms with Gasteiger partial charge < -0.3 is 0 Å². The highest BCUT2D eigenvalue weighted by atomic mass is 16.3. The maximum Gasteiger partial charge on any atom is 0.126 e. The topological polar surface area (TPSA) is 54.7 Å². The Morgan fingerprint density at radius 3 is 2.93 bits per heavy atom. The lowest BCUT2D eigenvalue weighted by Gasteiger charge is -2.01. The van der Waals surface area contributed by atoms with Crippen molar-refractivity contribution in [2.24, 2.45) is 10.2 Å². The molecule has 1 heterocycles. The third-order valence-electron chi connectivity index (χ3n) is 1.98. The zero-order chi connectivity index (χ0) is 10.4. The molecule has 0 aliphatic heterocycles. The quantitative estimate of drug-likeness (QED) is 0.541. The lowest BCUT2D eigenvalue weighted by Crippen LogP contribution is -2.10. The van der Waals surface area contributed by atoms with E-state index in [4.69, 9.17) is 0 Å². The molecule has 0 radical (unpaired) electrons. The molecule has 0 aromatic carbocycles. The fourth-order valence-electron chi connectivity index (χ4n) is 0.906. The van der Waals surface area contributed by atoms with Crippen LogP contribution in [0.3, 0.4) is 0 Å². The lowest BCUT2D eigenvalue weighted by atomic mass is 10.2. The minimum atomic E-state index is -0.348. The Bertz CT molecular complexity index is 321. The van der Waals surface area contributed by atoms with Gasteiger partial charge in [0.2, 0.25) is 0 Å². The van der Waals surface area contributed by atoms with Gasteiger partial charge in [-0.3, -0.25) is 9.98 Å². The molecule has 14 heavy (non-hydrogen) atoms. The number of aliphatic imine (C=N–C) groups is 1. The minimum Gasteiger partial charge on any atom is -0.286 e. The average Bonchev–Trinajstić information content (AvgIpc) is 2.26. The number of nitrogens with zero attached hydrogens (tertiary/aromatic N) is 3. The predicted molar refractivity (Wildman–Crippen MR) is 56.3 cm³/mol. The first kappa shape index (κ1) is 10.5. The Hall–Kier alpha value is -1.58. The van der Waals surface area contributed by atoms with Gasteiger partial charge in [-0.1, -0.05) is 11.2 Å². The van der Waals surface area contributed by atoms with Crippen molar-refractivity contribution in [2.75, 3.05) is 0 Å². The van der Waals surface area contributed by atoms with Crippen LogP contribution in [0.25, 0.3) is 0 Å². The number of rotatable bonds is 4. The maximum atomic E-state index is 10.2.